The molecular formula is C32H29N5O3S. The van der Waals surface area contributed by atoms with E-state index in [9.17, 15) is 9.59 Å². The van der Waals surface area contributed by atoms with E-state index in [0.717, 1.165) is 5.56 Å². The van der Waals surface area contributed by atoms with Gasteiger partial charge in [-0.2, -0.15) is 0 Å². The zero-order chi connectivity index (χ0) is 28.9. The number of ketones is 1. The number of thiophene rings is 1. The minimum atomic E-state index is -1.55. The highest BCUT2D eigenvalue weighted by Gasteiger charge is 2.49. The predicted octanol–water partition coefficient (Wildman–Crippen LogP) is 4.96. The van der Waals surface area contributed by atoms with Crippen LogP contribution in [-0.2, 0) is 10.3 Å². The minimum Gasteiger partial charge on any atom is -0.457 e. The van der Waals surface area contributed by atoms with Gasteiger partial charge in [-0.05, 0) is 72.2 Å². The van der Waals surface area contributed by atoms with E-state index in [2.05, 4.69) is 5.32 Å². The summed E-state index contributed by atoms with van der Waals surface area (Å²) in [6.45, 7) is 1.89. The number of allylic oxidation sites excluding steroid dienone is 3. The second kappa shape index (κ2) is 10.0. The number of nitrogens with one attached hydrogen (secondary N) is 1. The second-order valence-corrected chi connectivity index (χ2v) is 11.2. The molecule has 7 N–H and O–H groups in total. The second-order valence-electron chi connectivity index (χ2n) is 10.2. The highest BCUT2D eigenvalue weighted by molar-refractivity contribution is 7.21. The molecule has 8 nitrogen and oxygen atoms in total. The lowest BCUT2D eigenvalue weighted by Gasteiger charge is -2.37. The molecule has 0 radical (unpaired) electrons. The van der Waals surface area contributed by atoms with Gasteiger partial charge in [0.15, 0.2) is 5.78 Å². The lowest BCUT2D eigenvalue weighted by Crippen LogP contribution is -2.53. The molecule has 3 aromatic carbocycles. The first-order chi connectivity index (χ1) is 19.7. The number of para-hydroxylation sites is 1. The van der Waals surface area contributed by atoms with E-state index in [1.54, 1.807) is 36.4 Å². The quantitative estimate of drug-likeness (QED) is 0.252. The maximum Gasteiger partial charge on any atom is 0.266 e. The number of nitrogens with zero attached hydrogens (tertiary/aromatic N) is 1. The Morgan fingerprint density at radius 2 is 1.80 bits per heavy atom. The molecule has 2 aliphatic rings. The standard InChI is InChI=1S/C32H29N5O3S/c1-18-17-21(40-20-8-4-3-5-9-20)10-11-22(18)32(35)23-12-13-24(33)28-25(23)26(27(34)30(32)38)29(41-28)31(39)36-19-7-6-15-37(2)16-14-19/h3-17,27H,33-35H2,1-2H3,(H,36,39). The zero-order valence-electron chi connectivity index (χ0n) is 22.5. The van der Waals surface area contributed by atoms with Crippen LogP contribution >= 0.6 is 11.3 Å². The van der Waals surface area contributed by atoms with Crippen LogP contribution in [0.5, 0.6) is 11.5 Å². The number of Topliss-reactive ketones (excluding diaryl/α,β-unsaturated/α-hetero) is 1. The number of anilines is 1. The smallest absolute Gasteiger partial charge is 0.266 e. The molecule has 0 fully saturated rings. The van der Waals surface area contributed by atoms with Crippen LogP contribution in [0.25, 0.3) is 10.1 Å². The van der Waals surface area contributed by atoms with Crippen LogP contribution in [0.4, 0.5) is 5.69 Å². The largest absolute Gasteiger partial charge is 0.457 e. The van der Waals surface area contributed by atoms with Gasteiger partial charge in [-0.25, -0.2) is 0 Å². The summed E-state index contributed by atoms with van der Waals surface area (Å²) in [6.07, 6.45) is 9.11. The molecule has 2 heterocycles. The molecule has 1 aliphatic heterocycles. The molecule has 1 aliphatic carbocycles. The average molecular weight is 564 g/mol. The van der Waals surface area contributed by atoms with Crippen LogP contribution in [-0.4, -0.2) is 23.6 Å². The summed E-state index contributed by atoms with van der Waals surface area (Å²) in [4.78, 5) is 29.9. The summed E-state index contributed by atoms with van der Waals surface area (Å²) in [5, 5.41) is 3.59. The van der Waals surface area contributed by atoms with Gasteiger partial charge in [0.2, 0.25) is 0 Å². The minimum absolute atomic E-state index is 0.335. The SMILES string of the molecule is Cc1cc(Oc2ccccc2)ccc1C1(N)C(=O)C(N)c2c(C(=O)NC3=CC=CN(C)C=C3)sc3c(N)ccc1c23. The maximum atomic E-state index is 14.1. The number of carbonyl (C=O) groups excluding carboxylic acids is 2. The number of hydrogen-bond acceptors (Lipinski definition) is 8. The van der Waals surface area contributed by atoms with Gasteiger partial charge in [-0.1, -0.05) is 30.3 Å². The third-order valence-corrected chi connectivity index (χ3v) is 8.72. The Bertz CT molecular complexity index is 1810. The molecule has 2 atom stereocenters. The number of carbonyl (C=O) groups is 2. The van der Waals surface area contributed by atoms with Gasteiger partial charge in [0.25, 0.3) is 5.91 Å². The van der Waals surface area contributed by atoms with Gasteiger partial charge in [0.1, 0.15) is 17.0 Å². The molecule has 0 saturated heterocycles. The van der Waals surface area contributed by atoms with Crippen molar-refractivity contribution in [1.82, 2.24) is 10.2 Å². The van der Waals surface area contributed by atoms with Crippen molar-refractivity contribution in [2.45, 2.75) is 18.5 Å². The summed E-state index contributed by atoms with van der Waals surface area (Å²) in [5.41, 5.74) is 22.0. The molecule has 1 aromatic heterocycles. The lowest BCUT2D eigenvalue weighted by atomic mass is 9.69. The normalized spacial score (nSPS) is 19.7. The molecule has 4 aromatic rings. The van der Waals surface area contributed by atoms with E-state index in [-0.39, 0.29) is 5.91 Å². The average Bonchev–Trinajstić information content (AvgIpc) is 3.25. The third kappa shape index (κ3) is 4.40. The Labute approximate surface area is 241 Å². The molecule has 2 unspecified atom stereocenters. The fourth-order valence-electron chi connectivity index (χ4n) is 5.45. The molecule has 0 spiro atoms. The van der Waals surface area contributed by atoms with Crippen molar-refractivity contribution in [3.63, 3.8) is 0 Å². The van der Waals surface area contributed by atoms with E-state index in [0.29, 0.717) is 54.5 Å². The number of benzene rings is 3. The van der Waals surface area contributed by atoms with Gasteiger partial charge < -0.3 is 32.2 Å². The summed E-state index contributed by atoms with van der Waals surface area (Å²) >= 11 is 1.22. The Hall–Kier alpha value is -4.70. The number of amides is 1. The van der Waals surface area contributed by atoms with Crippen molar-refractivity contribution >= 4 is 38.8 Å². The van der Waals surface area contributed by atoms with Crippen molar-refractivity contribution in [3.8, 4) is 11.5 Å². The molecule has 0 saturated carbocycles. The van der Waals surface area contributed by atoms with Gasteiger partial charge in [0, 0.05) is 41.8 Å². The summed E-state index contributed by atoms with van der Waals surface area (Å²) in [7, 11) is 1.89. The van der Waals surface area contributed by atoms with Crippen LogP contribution in [0.15, 0.2) is 97.0 Å². The molecular weight excluding hydrogens is 534 g/mol. The van der Waals surface area contributed by atoms with E-state index in [1.807, 2.05) is 73.7 Å². The van der Waals surface area contributed by atoms with Crippen molar-refractivity contribution < 1.29 is 14.3 Å². The first-order valence-electron chi connectivity index (χ1n) is 13.1. The summed E-state index contributed by atoms with van der Waals surface area (Å²) in [5.74, 6) is 0.549. The topological polar surface area (TPSA) is 137 Å². The lowest BCUT2D eigenvalue weighted by molar-refractivity contribution is -0.124. The predicted molar refractivity (Wildman–Crippen MR) is 162 cm³/mol. The van der Waals surface area contributed by atoms with E-state index in [4.69, 9.17) is 21.9 Å². The molecule has 6 rings (SSSR count). The number of ether oxygens (including phenoxy) is 1. The molecule has 206 valence electrons. The highest BCUT2D eigenvalue weighted by atomic mass is 32.1. The Kier molecular flexibility index (Phi) is 6.50. The van der Waals surface area contributed by atoms with Crippen LogP contribution in [0, 0.1) is 6.92 Å². The molecule has 0 bridgehead atoms. The Balaban J connectivity index is 1.45. The number of nitrogen functional groups attached to an aromatic ring is 1. The number of rotatable bonds is 5. The fraction of sp³-hybridized carbons (Fsp3) is 0.125. The van der Waals surface area contributed by atoms with E-state index in [1.165, 1.54) is 11.3 Å². The number of nitrogens with two attached hydrogens (primary N) is 3. The van der Waals surface area contributed by atoms with Crippen molar-refractivity contribution in [1.29, 1.82) is 0 Å². The highest BCUT2D eigenvalue weighted by Crippen LogP contribution is 2.50. The van der Waals surface area contributed by atoms with Crippen LogP contribution < -0.4 is 27.3 Å². The molecule has 1 amide bonds. The zero-order valence-corrected chi connectivity index (χ0v) is 23.4. The fourth-order valence-corrected chi connectivity index (χ4v) is 6.65. The van der Waals surface area contributed by atoms with E-state index < -0.39 is 17.4 Å². The summed E-state index contributed by atoms with van der Waals surface area (Å²) in [6, 6.07) is 17.3. The first-order valence-corrected chi connectivity index (χ1v) is 13.9. The third-order valence-electron chi connectivity index (χ3n) is 7.47. The van der Waals surface area contributed by atoms with Gasteiger partial charge >= 0.3 is 0 Å². The van der Waals surface area contributed by atoms with Crippen LogP contribution in [0.1, 0.15) is 38.0 Å². The Morgan fingerprint density at radius 1 is 1.05 bits per heavy atom. The van der Waals surface area contributed by atoms with Crippen LogP contribution in [0.3, 0.4) is 0 Å². The van der Waals surface area contributed by atoms with E-state index >= 15 is 0 Å². The number of hydrogen-bond donors (Lipinski definition) is 4. The maximum absolute atomic E-state index is 14.1. The summed E-state index contributed by atoms with van der Waals surface area (Å²) < 4.78 is 6.67. The Morgan fingerprint density at radius 3 is 2.56 bits per heavy atom. The van der Waals surface area contributed by atoms with Gasteiger partial charge in [-0.15, -0.1) is 11.3 Å². The van der Waals surface area contributed by atoms with Gasteiger partial charge in [-0.3, -0.25) is 9.59 Å². The monoisotopic (exact) mass is 563 g/mol. The molecule has 41 heavy (non-hydrogen) atoms. The molecule has 9 heteroatoms. The van der Waals surface area contributed by atoms with Crippen molar-refractivity contribution in [2.24, 2.45) is 11.5 Å². The first kappa shape index (κ1) is 26.5. The van der Waals surface area contributed by atoms with Crippen LogP contribution in [0.2, 0.25) is 0 Å². The van der Waals surface area contributed by atoms with Crippen molar-refractivity contribution in [2.75, 3.05) is 12.8 Å². The van der Waals surface area contributed by atoms with Gasteiger partial charge in [0.05, 0.1) is 15.6 Å². The van der Waals surface area contributed by atoms with Crippen molar-refractivity contribution in [3.05, 3.63) is 124 Å². The number of aryl methyl sites for hydroxylation is 1.